The maximum Gasteiger partial charge on any atom is 0.328 e. The highest BCUT2D eigenvalue weighted by atomic mass is 32.1. The van der Waals surface area contributed by atoms with Crippen LogP contribution in [0, 0.1) is 0 Å². The molecule has 1 aromatic carbocycles. The summed E-state index contributed by atoms with van der Waals surface area (Å²) in [6.45, 7) is -0.546. The molecular formula is C16H11N5O4S. The average molecular weight is 369 g/mol. The number of nitrogens with zero attached hydrogens (tertiary/aromatic N) is 5. The van der Waals surface area contributed by atoms with Crippen molar-refractivity contribution in [2.24, 2.45) is 0 Å². The topological polar surface area (TPSA) is 108 Å². The van der Waals surface area contributed by atoms with E-state index >= 15 is 0 Å². The Morgan fingerprint density at radius 2 is 2.08 bits per heavy atom. The first-order valence-electron chi connectivity index (χ1n) is 7.56. The maximum absolute atomic E-state index is 12.3. The SMILES string of the molecule is O=C(Cn1nnc2ccccc2c1=O)OCc1cc(=O)n2ccsc2n1. The van der Waals surface area contributed by atoms with Gasteiger partial charge in [-0.2, -0.15) is 4.68 Å². The monoisotopic (exact) mass is 369 g/mol. The largest absolute Gasteiger partial charge is 0.458 e. The minimum absolute atomic E-state index is 0.168. The van der Waals surface area contributed by atoms with Gasteiger partial charge >= 0.3 is 5.97 Å². The summed E-state index contributed by atoms with van der Waals surface area (Å²) >= 11 is 1.30. The van der Waals surface area contributed by atoms with E-state index in [-0.39, 0.29) is 18.7 Å². The number of fused-ring (bicyclic) bond motifs is 2. The average Bonchev–Trinajstić information content (AvgIpc) is 3.12. The minimum atomic E-state index is -0.676. The molecule has 0 unspecified atom stereocenters. The van der Waals surface area contributed by atoms with Crippen molar-refractivity contribution in [1.29, 1.82) is 0 Å². The quantitative estimate of drug-likeness (QED) is 0.485. The van der Waals surface area contributed by atoms with Gasteiger partial charge in [0.2, 0.25) is 0 Å². The number of esters is 1. The van der Waals surface area contributed by atoms with Crippen molar-refractivity contribution < 1.29 is 9.53 Å². The van der Waals surface area contributed by atoms with Crippen LogP contribution in [0.25, 0.3) is 15.9 Å². The molecule has 0 radical (unpaired) electrons. The summed E-state index contributed by atoms with van der Waals surface area (Å²) in [5.41, 5.74) is 0.113. The van der Waals surface area contributed by atoms with Gasteiger partial charge in [-0.15, -0.1) is 16.4 Å². The van der Waals surface area contributed by atoms with Gasteiger partial charge in [-0.05, 0) is 12.1 Å². The summed E-state index contributed by atoms with van der Waals surface area (Å²) in [7, 11) is 0. The van der Waals surface area contributed by atoms with E-state index in [4.69, 9.17) is 4.74 Å². The fourth-order valence-corrected chi connectivity index (χ4v) is 3.15. The van der Waals surface area contributed by atoms with Crippen molar-refractivity contribution in [3.63, 3.8) is 0 Å². The second-order valence-corrected chi connectivity index (χ2v) is 6.24. The van der Waals surface area contributed by atoms with Gasteiger partial charge in [0.1, 0.15) is 18.7 Å². The Morgan fingerprint density at radius 1 is 1.23 bits per heavy atom. The number of thiazole rings is 1. The maximum atomic E-state index is 12.3. The van der Waals surface area contributed by atoms with Crippen LogP contribution in [0.15, 0.2) is 51.5 Å². The molecule has 0 spiro atoms. The van der Waals surface area contributed by atoms with Gasteiger partial charge in [0.25, 0.3) is 11.1 Å². The van der Waals surface area contributed by atoms with Crippen LogP contribution in [0.4, 0.5) is 0 Å². The van der Waals surface area contributed by atoms with Gasteiger partial charge in [-0.3, -0.25) is 18.8 Å². The molecule has 9 nitrogen and oxygen atoms in total. The predicted molar refractivity (Wildman–Crippen MR) is 92.9 cm³/mol. The number of aromatic nitrogens is 5. The number of rotatable bonds is 4. The molecule has 10 heteroatoms. The summed E-state index contributed by atoms with van der Waals surface area (Å²) in [6.07, 6.45) is 1.62. The standard InChI is InChI=1S/C16H11N5O4S/c22-13-7-10(17-16-20(13)5-6-26-16)9-25-14(23)8-21-15(24)11-3-1-2-4-12(11)18-19-21/h1-7H,8-9H2. The van der Waals surface area contributed by atoms with E-state index in [2.05, 4.69) is 15.3 Å². The van der Waals surface area contributed by atoms with Crippen LogP contribution >= 0.6 is 11.3 Å². The third-order valence-electron chi connectivity index (χ3n) is 3.65. The Morgan fingerprint density at radius 3 is 2.96 bits per heavy atom. The molecule has 0 aliphatic rings. The highest BCUT2D eigenvalue weighted by molar-refractivity contribution is 7.15. The molecule has 0 amide bonds. The zero-order valence-electron chi connectivity index (χ0n) is 13.2. The lowest BCUT2D eigenvalue weighted by Gasteiger charge is -2.06. The van der Waals surface area contributed by atoms with E-state index in [9.17, 15) is 14.4 Å². The van der Waals surface area contributed by atoms with E-state index in [1.54, 1.807) is 35.8 Å². The van der Waals surface area contributed by atoms with Crippen LogP contribution in [0.1, 0.15) is 5.69 Å². The van der Waals surface area contributed by atoms with Crippen molar-refractivity contribution >= 4 is 33.2 Å². The van der Waals surface area contributed by atoms with Crippen molar-refractivity contribution in [3.05, 3.63) is 68.3 Å². The van der Waals surface area contributed by atoms with Crippen LogP contribution in [-0.2, 0) is 22.7 Å². The Bertz CT molecular complexity index is 1240. The molecule has 0 bridgehead atoms. The van der Waals surface area contributed by atoms with Crippen molar-refractivity contribution in [2.45, 2.75) is 13.2 Å². The van der Waals surface area contributed by atoms with Crippen molar-refractivity contribution in [1.82, 2.24) is 24.4 Å². The Labute approximate surface area is 149 Å². The summed E-state index contributed by atoms with van der Waals surface area (Å²) in [6, 6.07) is 8.03. The second-order valence-electron chi connectivity index (χ2n) is 5.37. The van der Waals surface area contributed by atoms with E-state index in [1.807, 2.05) is 0 Å². The van der Waals surface area contributed by atoms with Gasteiger partial charge in [0, 0.05) is 17.6 Å². The number of ether oxygens (including phenoxy) is 1. The molecule has 0 saturated carbocycles. The lowest BCUT2D eigenvalue weighted by atomic mass is 10.2. The fraction of sp³-hybridized carbons (Fsp3) is 0.125. The lowest BCUT2D eigenvalue weighted by molar-refractivity contribution is -0.146. The molecular weight excluding hydrogens is 358 g/mol. The number of carbonyl (C=O) groups excluding carboxylic acids is 1. The Hall–Kier alpha value is -3.40. The molecule has 26 heavy (non-hydrogen) atoms. The minimum Gasteiger partial charge on any atom is -0.458 e. The predicted octanol–water partition coefficient (Wildman–Crippen LogP) is 0.604. The number of benzene rings is 1. The molecule has 3 aromatic heterocycles. The first kappa shape index (κ1) is 16.1. The van der Waals surface area contributed by atoms with Crippen LogP contribution in [0.2, 0.25) is 0 Å². The number of hydrogen-bond acceptors (Lipinski definition) is 8. The van der Waals surface area contributed by atoms with Crippen LogP contribution < -0.4 is 11.1 Å². The zero-order chi connectivity index (χ0) is 18.1. The Balaban J connectivity index is 1.49. The molecule has 0 fully saturated rings. The van der Waals surface area contributed by atoms with Crippen molar-refractivity contribution in [2.75, 3.05) is 0 Å². The summed E-state index contributed by atoms with van der Waals surface area (Å²) in [5, 5.41) is 9.75. The van der Waals surface area contributed by atoms with Gasteiger partial charge in [-0.1, -0.05) is 17.3 Å². The van der Waals surface area contributed by atoms with Crippen molar-refractivity contribution in [3.8, 4) is 0 Å². The second kappa shape index (κ2) is 6.48. The normalized spacial score (nSPS) is 11.1. The van der Waals surface area contributed by atoms with E-state index in [0.717, 1.165) is 4.68 Å². The van der Waals surface area contributed by atoms with Gasteiger partial charge in [0.15, 0.2) is 4.96 Å². The molecule has 4 aromatic rings. The highest BCUT2D eigenvalue weighted by Gasteiger charge is 2.12. The highest BCUT2D eigenvalue weighted by Crippen LogP contribution is 2.07. The summed E-state index contributed by atoms with van der Waals surface area (Å²) in [5.74, 6) is -0.676. The molecule has 0 N–H and O–H groups in total. The fourth-order valence-electron chi connectivity index (χ4n) is 2.41. The van der Waals surface area contributed by atoms with E-state index in [1.165, 1.54) is 21.8 Å². The first-order valence-corrected chi connectivity index (χ1v) is 8.44. The van der Waals surface area contributed by atoms with Gasteiger partial charge < -0.3 is 4.74 Å². The molecule has 4 rings (SSSR count). The zero-order valence-corrected chi connectivity index (χ0v) is 14.0. The summed E-state index contributed by atoms with van der Waals surface area (Å²) in [4.78, 5) is 41.0. The molecule has 0 saturated heterocycles. The summed E-state index contributed by atoms with van der Waals surface area (Å²) < 4.78 is 7.45. The lowest BCUT2D eigenvalue weighted by Crippen LogP contribution is -2.28. The van der Waals surface area contributed by atoms with Crippen LogP contribution in [0.3, 0.4) is 0 Å². The van der Waals surface area contributed by atoms with Crippen LogP contribution in [0.5, 0.6) is 0 Å². The van der Waals surface area contributed by atoms with E-state index in [0.29, 0.717) is 21.6 Å². The first-order chi connectivity index (χ1) is 12.6. The number of carbonyl (C=O) groups is 1. The third kappa shape index (κ3) is 2.97. The smallest absolute Gasteiger partial charge is 0.328 e. The van der Waals surface area contributed by atoms with Gasteiger partial charge in [0.05, 0.1) is 11.1 Å². The van der Waals surface area contributed by atoms with Gasteiger partial charge in [-0.25, -0.2) is 4.98 Å². The molecule has 0 atom stereocenters. The molecule has 3 heterocycles. The number of hydrogen-bond donors (Lipinski definition) is 0. The third-order valence-corrected chi connectivity index (χ3v) is 4.40. The Kier molecular flexibility index (Phi) is 4.01. The van der Waals surface area contributed by atoms with Crippen LogP contribution in [-0.4, -0.2) is 30.3 Å². The van der Waals surface area contributed by atoms with E-state index < -0.39 is 11.5 Å². The molecule has 0 aliphatic carbocycles. The molecule has 130 valence electrons. The molecule has 0 aliphatic heterocycles.